The summed E-state index contributed by atoms with van der Waals surface area (Å²) in [5.41, 5.74) is 8.49. The standard InChI is InChI=1S/C17H14N2O3/c18-10-11-1-3-12(4-2-11)13-5-6-15-14(9-13)16(7-8-21-15)22-17(19)20/h1-6,9,16H,7-8H2,(H2,19,20). The van der Waals surface area contributed by atoms with Crippen molar-refractivity contribution < 1.29 is 14.3 Å². The molecular weight excluding hydrogens is 280 g/mol. The van der Waals surface area contributed by atoms with Crippen LogP contribution in [0, 0.1) is 11.3 Å². The second kappa shape index (κ2) is 5.78. The maximum atomic E-state index is 11.0. The van der Waals surface area contributed by atoms with Gasteiger partial charge in [-0.05, 0) is 35.4 Å². The number of rotatable bonds is 2. The number of nitrogens with zero attached hydrogens (tertiary/aromatic N) is 1. The molecule has 0 spiro atoms. The lowest BCUT2D eigenvalue weighted by atomic mass is 9.96. The average molecular weight is 294 g/mol. The van der Waals surface area contributed by atoms with Crippen LogP contribution in [0.3, 0.4) is 0 Å². The van der Waals surface area contributed by atoms with Gasteiger partial charge in [0.25, 0.3) is 0 Å². The SMILES string of the molecule is N#Cc1ccc(-c2ccc3c(c2)C(OC(N)=O)CCO3)cc1. The number of carbonyl (C=O) groups excluding carboxylic acids is 1. The zero-order valence-electron chi connectivity index (χ0n) is 11.8. The number of amides is 1. The van der Waals surface area contributed by atoms with Gasteiger partial charge in [0.05, 0.1) is 18.2 Å². The van der Waals surface area contributed by atoms with Crippen molar-refractivity contribution in [2.45, 2.75) is 12.5 Å². The molecule has 0 aliphatic carbocycles. The second-order valence-corrected chi connectivity index (χ2v) is 5.00. The highest BCUT2D eigenvalue weighted by molar-refractivity contribution is 5.68. The van der Waals surface area contributed by atoms with Crippen LogP contribution in [0.5, 0.6) is 5.75 Å². The van der Waals surface area contributed by atoms with E-state index in [1.54, 1.807) is 12.1 Å². The second-order valence-electron chi connectivity index (χ2n) is 5.00. The molecule has 1 aliphatic heterocycles. The summed E-state index contributed by atoms with van der Waals surface area (Å²) in [5, 5.41) is 8.85. The summed E-state index contributed by atoms with van der Waals surface area (Å²) in [5.74, 6) is 0.704. The first-order chi connectivity index (χ1) is 10.7. The van der Waals surface area contributed by atoms with E-state index in [-0.39, 0.29) is 6.10 Å². The van der Waals surface area contributed by atoms with Crippen LogP contribution in [-0.4, -0.2) is 12.7 Å². The normalized spacial score (nSPS) is 16.0. The van der Waals surface area contributed by atoms with Crippen molar-refractivity contribution in [3.63, 3.8) is 0 Å². The lowest BCUT2D eigenvalue weighted by Crippen LogP contribution is -2.22. The van der Waals surface area contributed by atoms with Gasteiger partial charge in [-0.1, -0.05) is 18.2 Å². The minimum atomic E-state index is -0.790. The topological polar surface area (TPSA) is 85.3 Å². The molecule has 1 heterocycles. The van der Waals surface area contributed by atoms with Crippen molar-refractivity contribution in [3.05, 3.63) is 53.6 Å². The Morgan fingerprint density at radius 3 is 2.64 bits per heavy atom. The smallest absolute Gasteiger partial charge is 0.405 e. The molecule has 5 nitrogen and oxygen atoms in total. The van der Waals surface area contributed by atoms with Crippen molar-refractivity contribution in [1.82, 2.24) is 0 Å². The number of fused-ring (bicyclic) bond motifs is 1. The van der Waals surface area contributed by atoms with E-state index < -0.39 is 6.09 Å². The molecule has 110 valence electrons. The lowest BCUT2D eigenvalue weighted by molar-refractivity contribution is 0.0766. The van der Waals surface area contributed by atoms with Gasteiger partial charge < -0.3 is 15.2 Å². The quantitative estimate of drug-likeness (QED) is 0.922. The molecule has 0 saturated heterocycles. The van der Waals surface area contributed by atoms with Crippen molar-refractivity contribution in [1.29, 1.82) is 5.26 Å². The predicted octanol–water partition coefficient (Wildman–Crippen LogP) is 3.14. The Bertz CT molecular complexity index is 747. The first kappa shape index (κ1) is 14.0. The summed E-state index contributed by atoms with van der Waals surface area (Å²) in [6, 6.07) is 15.1. The molecule has 1 unspecified atom stereocenters. The van der Waals surface area contributed by atoms with Gasteiger partial charge in [-0.3, -0.25) is 0 Å². The van der Waals surface area contributed by atoms with Crippen molar-refractivity contribution in [2.24, 2.45) is 5.73 Å². The van der Waals surface area contributed by atoms with E-state index in [0.717, 1.165) is 16.7 Å². The summed E-state index contributed by atoms with van der Waals surface area (Å²) in [4.78, 5) is 11.0. The Hall–Kier alpha value is -3.00. The van der Waals surface area contributed by atoms with Crippen molar-refractivity contribution in [2.75, 3.05) is 6.61 Å². The van der Waals surface area contributed by atoms with Gasteiger partial charge in [0.15, 0.2) is 0 Å². The van der Waals surface area contributed by atoms with Crippen LogP contribution >= 0.6 is 0 Å². The highest BCUT2D eigenvalue weighted by atomic mass is 16.6. The predicted molar refractivity (Wildman–Crippen MR) is 80.1 cm³/mol. The van der Waals surface area contributed by atoms with Gasteiger partial charge in [0.1, 0.15) is 11.9 Å². The molecule has 1 atom stereocenters. The molecule has 1 amide bonds. The third-order valence-electron chi connectivity index (χ3n) is 3.60. The Morgan fingerprint density at radius 1 is 1.23 bits per heavy atom. The van der Waals surface area contributed by atoms with E-state index in [4.69, 9.17) is 20.5 Å². The van der Waals surface area contributed by atoms with E-state index >= 15 is 0 Å². The summed E-state index contributed by atoms with van der Waals surface area (Å²) in [6.07, 6.45) is -0.603. The van der Waals surface area contributed by atoms with Crippen molar-refractivity contribution in [3.8, 4) is 22.9 Å². The Morgan fingerprint density at radius 2 is 1.95 bits per heavy atom. The number of hydrogen-bond acceptors (Lipinski definition) is 4. The van der Waals surface area contributed by atoms with E-state index in [2.05, 4.69) is 6.07 Å². The fraction of sp³-hybridized carbons (Fsp3) is 0.176. The summed E-state index contributed by atoms with van der Waals surface area (Å²) >= 11 is 0. The monoisotopic (exact) mass is 294 g/mol. The first-order valence-electron chi connectivity index (χ1n) is 6.91. The zero-order chi connectivity index (χ0) is 15.5. The van der Waals surface area contributed by atoms with Gasteiger partial charge in [0, 0.05) is 12.0 Å². The van der Waals surface area contributed by atoms with Gasteiger partial charge in [-0.15, -0.1) is 0 Å². The summed E-state index contributed by atoms with van der Waals surface area (Å²) in [6.45, 7) is 0.487. The van der Waals surface area contributed by atoms with E-state index in [1.807, 2.05) is 30.3 Å². The minimum absolute atomic E-state index is 0.389. The molecule has 2 aromatic carbocycles. The minimum Gasteiger partial charge on any atom is -0.493 e. The molecule has 2 aromatic rings. The molecular formula is C17H14N2O3. The van der Waals surface area contributed by atoms with E-state index in [0.29, 0.717) is 24.3 Å². The van der Waals surface area contributed by atoms with E-state index in [9.17, 15) is 4.79 Å². The van der Waals surface area contributed by atoms with Crippen LogP contribution in [0.15, 0.2) is 42.5 Å². The van der Waals surface area contributed by atoms with Crippen LogP contribution in [-0.2, 0) is 4.74 Å². The van der Waals surface area contributed by atoms with Crippen LogP contribution in [0.2, 0.25) is 0 Å². The first-order valence-corrected chi connectivity index (χ1v) is 6.91. The van der Waals surface area contributed by atoms with Crippen LogP contribution < -0.4 is 10.5 Å². The van der Waals surface area contributed by atoms with Gasteiger partial charge in [0.2, 0.25) is 0 Å². The number of nitrogens with two attached hydrogens (primary N) is 1. The third kappa shape index (κ3) is 2.72. The molecule has 5 heteroatoms. The fourth-order valence-corrected chi connectivity index (χ4v) is 2.54. The van der Waals surface area contributed by atoms with E-state index in [1.165, 1.54) is 0 Å². The molecule has 22 heavy (non-hydrogen) atoms. The molecule has 0 saturated carbocycles. The Balaban J connectivity index is 1.97. The molecule has 3 rings (SSSR count). The van der Waals surface area contributed by atoms with Gasteiger partial charge >= 0.3 is 6.09 Å². The third-order valence-corrected chi connectivity index (χ3v) is 3.60. The highest BCUT2D eigenvalue weighted by Gasteiger charge is 2.24. The van der Waals surface area contributed by atoms with Crippen LogP contribution in [0.25, 0.3) is 11.1 Å². The van der Waals surface area contributed by atoms with Crippen LogP contribution in [0.4, 0.5) is 4.79 Å². The zero-order valence-corrected chi connectivity index (χ0v) is 11.8. The number of hydrogen-bond donors (Lipinski definition) is 1. The van der Waals surface area contributed by atoms with Gasteiger partial charge in [-0.2, -0.15) is 5.26 Å². The van der Waals surface area contributed by atoms with Crippen molar-refractivity contribution >= 4 is 6.09 Å². The largest absolute Gasteiger partial charge is 0.493 e. The summed E-state index contributed by atoms with van der Waals surface area (Å²) in [7, 11) is 0. The lowest BCUT2D eigenvalue weighted by Gasteiger charge is -2.25. The Kier molecular flexibility index (Phi) is 3.67. The number of nitriles is 1. The van der Waals surface area contributed by atoms with Crippen LogP contribution in [0.1, 0.15) is 23.7 Å². The Labute approximate surface area is 127 Å². The molecule has 1 aliphatic rings. The highest BCUT2D eigenvalue weighted by Crippen LogP contribution is 2.37. The molecule has 2 N–H and O–H groups in total. The molecule has 0 aromatic heterocycles. The van der Waals surface area contributed by atoms with Gasteiger partial charge in [-0.25, -0.2) is 4.79 Å². The molecule has 0 fully saturated rings. The number of carbonyl (C=O) groups is 1. The molecule has 0 bridgehead atoms. The summed E-state index contributed by atoms with van der Waals surface area (Å²) < 4.78 is 10.7. The molecule has 0 radical (unpaired) electrons. The average Bonchev–Trinajstić information content (AvgIpc) is 2.54. The fourth-order valence-electron chi connectivity index (χ4n) is 2.54. The number of primary amides is 1. The number of benzene rings is 2. The maximum absolute atomic E-state index is 11.0. The number of ether oxygens (including phenoxy) is 2. The maximum Gasteiger partial charge on any atom is 0.405 e.